The highest BCUT2D eigenvalue weighted by atomic mass is 16.5. The Hall–Kier alpha value is -2.62. The quantitative estimate of drug-likeness (QED) is 0.685. The lowest BCUT2D eigenvalue weighted by Gasteiger charge is -2.16. The van der Waals surface area contributed by atoms with Crippen LogP contribution in [-0.4, -0.2) is 28.4 Å². The summed E-state index contributed by atoms with van der Waals surface area (Å²) in [7, 11) is 6.66. The average molecular weight is 328 g/mol. The Morgan fingerprint density at radius 2 is 1.33 bits per heavy atom. The Labute approximate surface area is 143 Å². The summed E-state index contributed by atoms with van der Waals surface area (Å²) in [6.07, 6.45) is 3.22. The third kappa shape index (κ3) is 3.82. The zero-order chi connectivity index (χ0) is 17.5. The zero-order valence-corrected chi connectivity index (χ0v) is 14.7. The first-order chi connectivity index (χ1) is 11.7. The Morgan fingerprint density at radius 3 is 1.92 bits per heavy atom. The highest BCUT2D eigenvalue weighted by Gasteiger charge is 2.14. The van der Waals surface area contributed by atoms with Crippen molar-refractivity contribution in [2.75, 3.05) is 28.4 Å². The van der Waals surface area contributed by atoms with Crippen LogP contribution < -0.4 is 18.9 Å². The van der Waals surface area contributed by atoms with Crippen molar-refractivity contribution in [2.45, 2.75) is 12.8 Å². The van der Waals surface area contributed by atoms with Gasteiger partial charge < -0.3 is 18.9 Å². The van der Waals surface area contributed by atoms with Crippen molar-refractivity contribution in [2.24, 2.45) is 0 Å². The molecule has 2 rings (SSSR count). The van der Waals surface area contributed by atoms with E-state index in [1.807, 2.05) is 36.4 Å². The third-order valence-corrected chi connectivity index (χ3v) is 3.92. The molecule has 0 atom stereocenters. The van der Waals surface area contributed by atoms with Crippen LogP contribution >= 0.6 is 0 Å². The normalized spacial score (nSPS) is 10.2. The molecule has 0 amide bonds. The van der Waals surface area contributed by atoms with Gasteiger partial charge in [-0.15, -0.1) is 6.58 Å². The molecule has 0 unspecified atom stereocenters. The maximum atomic E-state index is 5.57. The van der Waals surface area contributed by atoms with Crippen molar-refractivity contribution in [1.29, 1.82) is 0 Å². The molecular weight excluding hydrogens is 304 g/mol. The van der Waals surface area contributed by atoms with E-state index in [0.29, 0.717) is 6.42 Å². The molecule has 4 nitrogen and oxygen atoms in total. The first-order valence-electron chi connectivity index (χ1n) is 7.72. The molecule has 0 aliphatic rings. The number of benzene rings is 2. The lowest BCUT2D eigenvalue weighted by Crippen LogP contribution is -2.01. The van der Waals surface area contributed by atoms with Gasteiger partial charge in [-0.25, -0.2) is 0 Å². The Bertz CT molecular complexity index is 707. The van der Waals surface area contributed by atoms with E-state index < -0.39 is 0 Å². The van der Waals surface area contributed by atoms with Crippen molar-refractivity contribution in [1.82, 2.24) is 0 Å². The maximum absolute atomic E-state index is 5.57. The fourth-order valence-corrected chi connectivity index (χ4v) is 2.70. The standard InChI is InChI=1S/C20H24O4/c1-6-7-14-12-20(24-5)16(13-19(14)23-4)10-15-11-17(21-2)8-9-18(15)22-3/h6,8-9,11-13H,1,7,10H2,2-5H3. The fourth-order valence-electron chi connectivity index (χ4n) is 2.70. The molecule has 0 fully saturated rings. The van der Waals surface area contributed by atoms with Crippen LogP contribution in [0.4, 0.5) is 0 Å². The second kappa shape index (κ2) is 8.29. The molecule has 0 saturated heterocycles. The van der Waals surface area contributed by atoms with Crippen molar-refractivity contribution in [3.8, 4) is 23.0 Å². The monoisotopic (exact) mass is 328 g/mol. The average Bonchev–Trinajstić information content (AvgIpc) is 2.62. The van der Waals surface area contributed by atoms with Gasteiger partial charge in [0.2, 0.25) is 0 Å². The molecule has 4 heteroatoms. The number of ether oxygens (including phenoxy) is 4. The van der Waals surface area contributed by atoms with Gasteiger partial charge in [0.15, 0.2) is 0 Å². The van der Waals surface area contributed by atoms with Crippen LogP contribution in [0.1, 0.15) is 16.7 Å². The number of methoxy groups -OCH3 is 4. The number of allylic oxidation sites excluding steroid dienone is 1. The summed E-state index contributed by atoms with van der Waals surface area (Å²) < 4.78 is 21.9. The fraction of sp³-hybridized carbons (Fsp3) is 0.300. The summed E-state index contributed by atoms with van der Waals surface area (Å²) in [5.41, 5.74) is 3.09. The number of hydrogen-bond acceptors (Lipinski definition) is 4. The molecule has 0 heterocycles. The van der Waals surface area contributed by atoms with E-state index in [9.17, 15) is 0 Å². The van der Waals surface area contributed by atoms with Crippen LogP contribution in [0.5, 0.6) is 23.0 Å². The van der Waals surface area contributed by atoms with Crippen molar-refractivity contribution in [3.05, 3.63) is 59.7 Å². The molecule has 0 spiro atoms. The van der Waals surface area contributed by atoms with E-state index in [-0.39, 0.29) is 0 Å². The molecule has 0 saturated carbocycles. The summed E-state index contributed by atoms with van der Waals surface area (Å²) >= 11 is 0. The molecular formula is C20H24O4. The lowest BCUT2D eigenvalue weighted by molar-refractivity contribution is 0.393. The number of rotatable bonds is 8. The molecule has 0 radical (unpaired) electrons. The first-order valence-corrected chi connectivity index (χ1v) is 7.72. The smallest absolute Gasteiger partial charge is 0.122 e. The molecule has 0 N–H and O–H groups in total. The van der Waals surface area contributed by atoms with Gasteiger partial charge in [-0.2, -0.15) is 0 Å². The van der Waals surface area contributed by atoms with Gasteiger partial charge in [-0.3, -0.25) is 0 Å². The molecule has 0 aliphatic heterocycles. The minimum absolute atomic E-state index is 0.647. The Morgan fingerprint density at radius 1 is 0.750 bits per heavy atom. The van der Waals surface area contributed by atoms with Gasteiger partial charge >= 0.3 is 0 Å². The predicted octanol–water partition coefficient (Wildman–Crippen LogP) is 4.04. The van der Waals surface area contributed by atoms with E-state index >= 15 is 0 Å². The largest absolute Gasteiger partial charge is 0.497 e. The van der Waals surface area contributed by atoms with E-state index in [4.69, 9.17) is 18.9 Å². The van der Waals surface area contributed by atoms with Gasteiger partial charge in [0, 0.05) is 23.1 Å². The van der Waals surface area contributed by atoms with Crippen molar-refractivity contribution < 1.29 is 18.9 Å². The summed E-state index contributed by atoms with van der Waals surface area (Å²) in [6.45, 7) is 3.79. The van der Waals surface area contributed by atoms with Gasteiger partial charge in [0.05, 0.1) is 28.4 Å². The van der Waals surface area contributed by atoms with Gasteiger partial charge in [-0.05, 0) is 36.8 Å². The summed E-state index contributed by atoms with van der Waals surface area (Å²) in [6, 6.07) is 9.78. The maximum Gasteiger partial charge on any atom is 0.122 e. The highest BCUT2D eigenvalue weighted by Crippen LogP contribution is 2.34. The van der Waals surface area contributed by atoms with Gasteiger partial charge in [0.25, 0.3) is 0 Å². The van der Waals surface area contributed by atoms with Crippen LogP contribution in [0, 0.1) is 0 Å². The second-order valence-electron chi connectivity index (χ2n) is 5.32. The third-order valence-electron chi connectivity index (χ3n) is 3.92. The van der Waals surface area contributed by atoms with Crippen LogP contribution in [0.2, 0.25) is 0 Å². The molecule has 128 valence electrons. The highest BCUT2D eigenvalue weighted by molar-refractivity contribution is 5.51. The van der Waals surface area contributed by atoms with E-state index in [1.165, 1.54) is 0 Å². The lowest BCUT2D eigenvalue weighted by atomic mass is 9.99. The molecule has 2 aromatic rings. The van der Waals surface area contributed by atoms with Gasteiger partial charge in [-0.1, -0.05) is 6.08 Å². The number of hydrogen-bond donors (Lipinski definition) is 0. The Balaban J connectivity index is 2.47. The van der Waals surface area contributed by atoms with E-state index in [1.54, 1.807) is 28.4 Å². The first kappa shape index (κ1) is 17.7. The van der Waals surface area contributed by atoms with Crippen molar-refractivity contribution in [3.63, 3.8) is 0 Å². The molecule has 0 aromatic heterocycles. The Kier molecular flexibility index (Phi) is 6.13. The second-order valence-corrected chi connectivity index (χ2v) is 5.32. The van der Waals surface area contributed by atoms with Crippen LogP contribution in [0.25, 0.3) is 0 Å². The van der Waals surface area contributed by atoms with Gasteiger partial charge in [0.1, 0.15) is 23.0 Å². The minimum atomic E-state index is 0.647. The SMILES string of the molecule is C=CCc1cc(OC)c(Cc2cc(OC)ccc2OC)cc1OC. The minimum Gasteiger partial charge on any atom is -0.497 e. The summed E-state index contributed by atoms with van der Waals surface area (Å²) in [5, 5.41) is 0. The summed E-state index contributed by atoms with van der Waals surface area (Å²) in [5.74, 6) is 3.25. The molecule has 24 heavy (non-hydrogen) atoms. The van der Waals surface area contributed by atoms with E-state index in [0.717, 1.165) is 46.1 Å². The molecule has 0 bridgehead atoms. The zero-order valence-electron chi connectivity index (χ0n) is 14.7. The topological polar surface area (TPSA) is 36.9 Å². The van der Waals surface area contributed by atoms with Crippen LogP contribution in [0.15, 0.2) is 43.0 Å². The summed E-state index contributed by atoms with van der Waals surface area (Å²) in [4.78, 5) is 0. The van der Waals surface area contributed by atoms with Crippen molar-refractivity contribution >= 4 is 0 Å². The predicted molar refractivity (Wildman–Crippen MR) is 95.8 cm³/mol. The molecule has 2 aromatic carbocycles. The van der Waals surface area contributed by atoms with E-state index in [2.05, 4.69) is 6.58 Å². The molecule has 0 aliphatic carbocycles. The van der Waals surface area contributed by atoms with Crippen LogP contribution in [0.3, 0.4) is 0 Å². The van der Waals surface area contributed by atoms with Crippen LogP contribution in [-0.2, 0) is 12.8 Å².